The lowest BCUT2D eigenvalue weighted by molar-refractivity contribution is -0.182. The molecule has 1 amide bonds. The molecular weight excluding hydrogens is 263 g/mol. The third-order valence-electron chi connectivity index (χ3n) is 2.16. The Morgan fingerprint density at radius 2 is 1.84 bits per heavy atom. The molecule has 0 bridgehead atoms. The summed E-state index contributed by atoms with van der Waals surface area (Å²) in [5, 5.41) is 1.62. The fourth-order valence-electron chi connectivity index (χ4n) is 1.30. The number of halogens is 3. The molecule has 19 heavy (non-hydrogen) atoms. The van der Waals surface area contributed by atoms with Gasteiger partial charge in [0.25, 0.3) is 5.91 Å². The summed E-state index contributed by atoms with van der Waals surface area (Å²) in [7, 11) is 0. The molecule has 0 unspecified atom stereocenters. The number of rotatable bonds is 4. The van der Waals surface area contributed by atoms with E-state index in [0.29, 0.717) is 0 Å². The molecular formula is C12H12F3NO3. The van der Waals surface area contributed by atoms with Crippen LogP contribution in [0.3, 0.4) is 0 Å². The average Bonchev–Trinajstić information content (AvgIpc) is 2.35. The highest BCUT2D eigenvalue weighted by Crippen LogP contribution is 2.21. The normalized spacial score (nSPS) is 12.6. The van der Waals surface area contributed by atoms with Gasteiger partial charge in [0, 0.05) is 5.56 Å². The maximum absolute atomic E-state index is 12.7. The van der Waals surface area contributed by atoms with E-state index in [0.717, 1.165) is 0 Å². The fraction of sp³-hybridized carbons (Fsp3) is 0.333. The zero-order chi connectivity index (χ0) is 14.5. The largest absolute Gasteiger partial charge is 0.464 e. The van der Waals surface area contributed by atoms with Crippen LogP contribution in [0, 0.1) is 0 Å². The number of carbonyl (C=O) groups excluding carboxylic acids is 2. The molecule has 0 saturated carbocycles. The SMILES string of the molecule is CCOC(=O)[C@@H](NC(=O)c1ccccc1)C(F)(F)F. The first-order valence-electron chi connectivity index (χ1n) is 5.45. The molecule has 0 heterocycles. The molecule has 0 radical (unpaired) electrons. The van der Waals surface area contributed by atoms with E-state index in [1.165, 1.54) is 31.2 Å². The molecule has 0 aliphatic carbocycles. The first kappa shape index (κ1) is 15.0. The Hall–Kier alpha value is -2.05. The lowest BCUT2D eigenvalue weighted by Gasteiger charge is -2.19. The van der Waals surface area contributed by atoms with Gasteiger partial charge < -0.3 is 10.1 Å². The van der Waals surface area contributed by atoms with Gasteiger partial charge in [-0.3, -0.25) is 4.79 Å². The summed E-state index contributed by atoms with van der Waals surface area (Å²) in [6.07, 6.45) is -4.91. The van der Waals surface area contributed by atoms with Gasteiger partial charge in [-0.1, -0.05) is 18.2 Å². The summed E-state index contributed by atoms with van der Waals surface area (Å²) in [4.78, 5) is 22.8. The highest BCUT2D eigenvalue weighted by atomic mass is 19.4. The minimum atomic E-state index is -4.91. The minimum absolute atomic E-state index is 0.0287. The van der Waals surface area contributed by atoms with E-state index in [9.17, 15) is 22.8 Å². The number of amides is 1. The number of nitrogens with one attached hydrogen (secondary N) is 1. The minimum Gasteiger partial charge on any atom is -0.464 e. The second kappa shape index (κ2) is 6.21. The van der Waals surface area contributed by atoms with Crippen LogP contribution in [0.4, 0.5) is 13.2 Å². The van der Waals surface area contributed by atoms with Crippen molar-refractivity contribution in [3.8, 4) is 0 Å². The maximum Gasteiger partial charge on any atom is 0.419 e. The van der Waals surface area contributed by atoms with Crippen molar-refractivity contribution >= 4 is 11.9 Å². The molecule has 0 saturated heterocycles. The number of hydrogen-bond acceptors (Lipinski definition) is 3. The summed E-state index contributed by atoms with van der Waals surface area (Å²) in [5.41, 5.74) is 0.0287. The lowest BCUT2D eigenvalue weighted by atomic mass is 10.2. The third kappa shape index (κ3) is 4.27. The van der Waals surface area contributed by atoms with E-state index in [-0.39, 0.29) is 12.2 Å². The van der Waals surface area contributed by atoms with Gasteiger partial charge in [0.2, 0.25) is 6.04 Å². The van der Waals surface area contributed by atoms with Crippen LogP contribution in [0.15, 0.2) is 30.3 Å². The van der Waals surface area contributed by atoms with Gasteiger partial charge >= 0.3 is 12.1 Å². The molecule has 0 spiro atoms. The topological polar surface area (TPSA) is 55.4 Å². The van der Waals surface area contributed by atoms with Gasteiger partial charge in [-0.2, -0.15) is 13.2 Å². The number of alkyl halides is 3. The lowest BCUT2D eigenvalue weighted by Crippen LogP contribution is -2.51. The zero-order valence-electron chi connectivity index (χ0n) is 10.0. The van der Waals surface area contributed by atoms with Gasteiger partial charge in [0.1, 0.15) is 0 Å². The van der Waals surface area contributed by atoms with Crippen LogP contribution in [-0.4, -0.2) is 30.7 Å². The summed E-state index contributed by atoms with van der Waals surface area (Å²) in [6.45, 7) is 1.18. The Bertz CT molecular complexity index is 445. The molecule has 1 rings (SSSR count). The smallest absolute Gasteiger partial charge is 0.419 e. The Labute approximate surface area is 107 Å². The van der Waals surface area contributed by atoms with E-state index in [1.54, 1.807) is 11.4 Å². The van der Waals surface area contributed by atoms with E-state index in [4.69, 9.17) is 0 Å². The van der Waals surface area contributed by atoms with Crippen LogP contribution in [0.2, 0.25) is 0 Å². The van der Waals surface area contributed by atoms with Crippen molar-refractivity contribution in [1.29, 1.82) is 0 Å². The van der Waals surface area contributed by atoms with Crippen molar-refractivity contribution in [3.63, 3.8) is 0 Å². The second-order valence-electron chi connectivity index (χ2n) is 3.57. The molecule has 4 nitrogen and oxygen atoms in total. The molecule has 0 fully saturated rings. The second-order valence-corrected chi connectivity index (χ2v) is 3.57. The van der Waals surface area contributed by atoms with E-state index in [1.807, 2.05) is 0 Å². The number of benzene rings is 1. The predicted molar refractivity (Wildman–Crippen MR) is 60.4 cm³/mol. The quantitative estimate of drug-likeness (QED) is 0.854. The third-order valence-corrected chi connectivity index (χ3v) is 2.16. The van der Waals surface area contributed by atoms with Crippen LogP contribution >= 0.6 is 0 Å². The monoisotopic (exact) mass is 275 g/mol. The van der Waals surface area contributed by atoms with Crippen molar-refractivity contribution in [2.75, 3.05) is 6.61 Å². The summed E-state index contributed by atoms with van der Waals surface area (Å²) in [6, 6.07) is 4.63. The maximum atomic E-state index is 12.7. The Kier molecular flexibility index (Phi) is 4.91. The highest BCUT2D eigenvalue weighted by Gasteiger charge is 2.47. The predicted octanol–water partition coefficient (Wildman–Crippen LogP) is 1.91. The van der Waals surface area contributed by atoms with Crippen LogP contribution in [0.25, 0.3) is 0 Å². The summed E-state index contributed by atoms with van der Waals surface area (Å²) >= 11 is 0. The van der Waals surface area contributed by atoms with Crippen molar-refractivity contribution in [2.24, 2.45) is 0 Å². The van der Waals surface area contributed by atoms with Gasteiger partial charge in [-0.25, -0.2) is 4.79 Å². The van der Waals surface area contributed by atoms with Crippen LogP contribution in [0.1, 0.15) is 17.3 Å². The van der Waals surface area contributed by atoms with E-state index in [2.05, 4.69) is 4.74 Å². The standard InChI is InChI=1S/C12H12F3NO3/c1-2-19-11(18)9(12(13,14)15)16-10(17)8-6-4-3-5-7-8/h3-7,9H,2H2,1H3,(H,16,17)/t9-/m1/s1. The molecule has 1 N–H and O–H groups in total. The number of ether oxygens (including phenoxy) is 1. The van der Waals surface area contributed by atoms with Crippen molar-refractivity contribution in [3.05, 3.63) is 35.9 Å². The first-order chi connectivity index (χ1) is 8.86. The molecule has 1 aromatic carbocycles. The molecule has 0 aliphatic rings. The van der Waals surface area contributed by atoms with Gasteiger partial charge in [-0.15, -0.1) is 0 Å². The van der Waals surface area contributed by atoms with Crippen LogP contribution < -0.4 is 5.32 Å². The molecule has 1 atom stereocenters. The average molecular weight is 275 g/mol. The Morgan fingerprint density at radius 3 is 2.32 bits per heavy atom. The van der Waals surface area contributed by atoms with Gasteiger partial charge in [0.15, 0.2) is 0 Å². The summed E-state index contributed by atoms with van der Waals surface area (Å²) in [5.74, 6) is -2.52. The van der Waals surface area contributed by atoms with Crippen molar-refractivity contribution in [1.82, 2.24) is 5.32 Å². The molecule has 1 aromatic rings. The highest BCUT2D eigenvalue weighted by molar-refractivity contribution is 5.96. The number of carbonyl (C=O) groups is 2. The Morgan fingerprint density at radius 1 is 1.26 bits per heavy atom. The van der Waals surface area contributed by atoms with Crippen LogP contribution in [-0.2, 0) is 9.53 Å². The molecule has 104 valence electrons. The van der Waals surface area contributed by atoms with E-state index >= 15 is 0 Å². The van der Waals surface area contributed by atoms with Crippen LogP contribution in [0.5, 0.6) is 0 Å². The van der Waals surface area contributed by atoms with Gasteiger partial charge in [0.05, 0.1) is 6.61 Å². The van der Waals surface area contributed by atoms with E-state index < -0.39 is 24.1 Å². The molecule has 0 aliphatic heterocycles. The van der Waals surface area contributed by atoms with Crippen molar-refractivity contribution in [2.45, 2.75) is 19.1 Å². The summed E-state index contributed by atoms with van der Waals surface area (Å²) < 4.78 is 42.3. The zero-order valence-corrected chi connectivity index (χ0v) is 10.0. The van der Waals surface area contributed by atoms with Gasteiger partial charge in [-0.05, 0) is 19.1 Å². The molecule has 7 heteroatoms. The van der Waals surface area contributed by atoms with Crippen molar-refractivity contribution < 1.29 is 27.5 Å². The molecule has 0 aromatic heterocycles. The first-order valence-corrected chi connectivity index (χ1v) is 5.45. The fourth-order valence-corrected chi connectivity index (χ4v) is 1.30. The number of esters is 1. The number of hydrogen-bond donors (Lipinski definition) is 1. The Balaban J connectivity index is 2.84.